The van der Waals surface area contributed by atoms with Gasteiger partial charge >= 0.3 is 0 Å². The molecule has 0 spiro atoms. The van der Waals surface area contributed by atoms with E-state index in [2.05, 4.69) is 31.1 Å². The zero-order valence-electron chi connectivity index (χ0n) is 14.0. The standard InChI is InChI=1S/C18H25N3O/c1-5-6-11-21(13-16-10-8-7-9-14(16)2)18(22)17-12-15(3)19-20(17)4/h7-10,12H,5-6,11,13H2,1-4H3. The van der Waals surface area contributed by atoms with Gasteiger partial charge in [0.1, 0.15) is 5.69 Å². The number of aromatic nitrogens is 2. The Balaban J connectivity index is 2.24. The summed E-state index contributed by atoms with van der Waals surface area (Å²) in [6.45, 7) is 7.56. The van der Waals surface area contributed by atoms with E-state index in [1.165, 1.54) is 11.1 Å². The first kappa shape index (κ1) is 16.3. The molecular formula is C18H25N3O. The molecule has 1 amide bonds. The second kappa shape index (κ2) is 7.25. The van der Waals surface area contributed by atoms with Gasteiger partial charge in [-0.15, -0.1) is 0 Å². The van der Waals surface area contributed by atoms with Crippen molar-refractivity contribution in [3.05, 3.63) is 52.8 Å². The molecule has 0 aliphatic carbocycles. The topological polar surface area (TPSA) is 38.1 Å². The quantitative estimate of drug-likeness (QED) is 0.819. The van der Waals surface area contributed by atoms with Crippen molar-refractivity contribution < 1.29 is 4.79 Å². The first-order chi connectivity index (χ1) is 10.5. The average Bonchev–Trinajstić information content (AvgIpc) is 2.83. The van der Waals surface area contributed by atoms with Gasteiger partial charge in [0.15, 0.2) is 0 Å². The Bertz CT molecular complexity index is 646. The van der Waals surface area contributed by atoms with E-state index in [4.69, 9.17) is 0 Å². The van der Waals surface area contributed by atoms with E-state index in [1.807, 2.05) is 37.1 Å². The fraction of sp³-hybridized carbons (Fsp3) is 0.444. The highest BCUT2D eigenvalue weighted by atomic mass is 16.2. The molecule has 0 atom stereocenters. The number of benzene rings is 1. The lowest BCUT2D eigenvalue weighted by Crippen LogP contribution is -2.33. The van der Waals surface area contributed by atoms with Gasteiger partial charge in [-0.25, -0.2) is 0 Å². The molecule has 4 heteroatoms. The number of carbonyl (C=O) groups is 1. The van der Waals surface area contributed by atoms with E-state index in [0.29, 0.717) is 12.2 Å². The van der Waals surface area contributed by atoms with Crippen LogP contribution in [0.25, 0.3) is 0 Å². The molecule has 0 unspecified atom stereocenters. The number of nitrogens with zero attached hydrogens (tertiary/aromatic N) is 3. The molecule has 0 bridgehead atoms. The fourth-order valence-electron chi connectivity index (χ4n) is 2.57. The predicted molar refractivity (Wildman–Crippen MR) is 88.8 cm³/mol. The summed E-state index contributed by atoms with van der Waals surface area (Å²) in [4.78, 5) is 14.8. The summed E-state index contributed by atoms with van der Waals surface area (Å²) in [6, 6.07) is 10.1. The first-order valence-corrected chi connectivity index (χ1v) is 7.87. The van der Waals surface area contributed by atoms with Crippen molar-refractivity contribution >= 4 is 5.91 Å². The lowest BCUT2D eigenvalue weighted by Gasteiger charge is -2.23. The number of rotatable bonds is 6. The number of unbranched alkanes of at least 4 members (excludes halogenated alkanes) is 1. The van der Waals surface area contributed by atoms with Crippen LogP contribution in [-0.2, 0) is 13.6 Å². The maximum absolute atomic E-state index is 12.9. The van der Waals surface area contributed by atoms with Crippen molar-refractivity contribution in [1.82, 2.24) is 14.7 Å². The summed E-state index contributed by atoms with van der Waals surface area (Å²) in [5.74, 6) is 0.0554. The first-order valence-electron chi connectivity index (χ1n) is 7.87. The largest absolute Gasteiger partial charge is 0.333 e. The van der Waals surface area contributed by atoms with E-state index >= 15 is 0 Å². The third kappa shape index (κ3) is 3.75. The van der Waals surface area contributed by atoms with Crippen LogP contribution in [0.15, 0.2) is 30.3 Å². The molecule has 22 heavy (non-hydrogen) atoms. The minimum absolute atomic E-state index is 0.0554. The second-order valence-corrected chi connectivity index (χ2v) is 5.80. The molecule has 4 nitrogen and oxygen atoms in total. The van der Waals surface area contributed by atoms with Crippen LogP contribution in [0, 0.1) is 13.8 Å². The van der Waals surface area contributed by atoms with Crippen LogP contribution in [0.1, 0.15) is 47.1 Å². The van der Waals surface area contributed by atoms with Crippen molar-refractivity contribution in [2.75, 3.05) is 6.54 Å². The number of hydrogen-bond donors (Lipinski definition) is 0. The van der Waals surface area contributed by atoms with Crippen LogP contribution >= 0.6 is 0 Å². The van der Waals surface area contributed by atoms with E-state index in [9.17, 15) is 4.79 Å². The van der Waals surface area contributed by atoms with Crippen LogP contribution in [0.5, 0.6) is 0 Å². The summed E-state index contributed by atoms with van der Waals surface area (Å²) in [6.07, 6.45) is 2.08. The molecule has 0 radical (unpaired) electrons. The Morgan fingerprint density at radius 3 is 2.59 bits per heavy atom. The smallest absolute Gasteiger partial charge is 0.272 e. The van der Waals surface area contributed by atoms with Gasteiger partial charge in [-0.2, -0.15) is 5.10 Å². The van der Waals surface area contributed by atoms with Crippen molar-refractivity contribution in [2.24, 2.45) is 7.05 Å². The fourth-order valence-corrected chi connectivity index (χ4v) is 2.57. The Labute approximate surface area is 132 Å². The normalized spacial score (nSPS) is 10.7. The minimum Gasteiger partial charge on any atom is -0.333 e. The van der Waals surface area contributed by atoms with Gasteiger partial charge in [-0.1, -0.05) is 37.6 Å². The predicted octanol–water partition coefficient (Wildman–Crippen LogP) is 3.48. The van der Waals surface area contributed by atoms with Crippen LogP contribution in [0.4, 0.5) is 0 Å². The molecule has 0 aliphatic rings. The van der Waals surface area contributed by atoms with Gasteiger partial charge in [0.2, 0.25) is 0 Å². The molecule has 2 rings (SSSR count). The lowest BCUT2D eigenvalue weighted by atomic mass is 10.1. The highest BCUT2D eigenvalue weighted by Crippen LogP contribution is 2.15. The number of hydrogen-bond acceptors (Lipinski definition) is 2. The number of aryl methyl sites for hydroxylation is 3. The van der Waals surface area contributed by atoms with Gasteiger partial charge in [0.05, 0.1) is 5.69 Å². The molecule has 0 aliphatic heterocycles. The van der Waals surface area contributed by atoms with Crippen LogP contribution < -0.4 is 0 Å². The molecule has 1 aromatic carbocycles. The number of amides is 1. The molecule has 0 saturated carbocycles. The average molecular weight is 299 g/mol. The van der Waals surface area contributed by atoms with Crippen molar-refractivity contribution in [3.63, 3.8) is 0 Å². The highest BCUT2D eigenvalue weighted by molar-refractivity contribution is 5.92. The van der Waals surface area contributed by atoms with Crippen LogP contribution in [0.3, 0.4) is 0 Å². The molecule has 118 valence electrons. The van der Waals surface area contributed by atoms with Gasteiger partial charge in [0, 0.05) is 20.1 Å². The molecule has 0 fully saturated rings. The van der Waals surface area contributed by atoms with Crippen molar-refractivity contribution in [1.29, 1.82) is 0 Å². The Kier molecular flexibility index (Phi) is 5.36. The number of carbonyl (C=O) groups excluding carboxylic acids is 1. The summed E-state index contributed by atoms with van der Waals surface area (Å²) >= 11 is 0. The molecule has 1 aromatic heterocycles. The Hall–Kier alpha value is -2.10. The van der Waals surface area contributed by atoms with Gasteiger partial charge in [-0.3, -0.25) is 9.48 Å². The maximum Gasteiger partial charge on any atom is 0.272 e. The summed E-state index contributed by atoms with van der Waals surface area (Å²) in [5.41, 5.74) is 3.95. The zero-order chi connectivity index (χ0) is 16.1. The molecule has 0 N–H and O–H groups in total. The molecule has 1 heterocycles. The van der Waals surface area contributed by atoms with Gasteiger partial charge in [-0.05, 0) is 37.5 Å². The molecule has 0 saturated heterocycles. The summed E-state index contributed by atoms with van der Waals surface area (Å²) in [5, 5.41) is 4.29. The van der Waals surface area contributed by atoms with Crippen molar-refractivity contribution in [3.8, 4) is 0 Å². The van der Waals surface area contributed by atoms with Crippen LogP contribution in [-0.4, -0.2) is 27.1 Å². The van der Waals surface area contributed by atoms with Crippen LogP contribution in [0.2, 0.25) is 0 Å². The van der Waals surface area contributed by atoms with E-state index < -0.39 is 0 Å². The summed E-state index contributed by atoms with van der Waals surface area (Å²) < 4.78 is 1.68. The van der Waals surface area contributed by atoms with Gasteiger partial charge in [0.25, 0.3) is 5.91 Å². The SMILES string of the molecule is CCCCN(Cc1ccccc1C)C(=O)c1cc(C)nn1C. The van der Waals surface area contributed by atoms with E-state index in [1.54, 1.807) is 4.68 Å². The van der Waals surface area contributed by atoms with Gasteiger partial charge < -0.3 is 4.90 Å². The monoisotopic (exact) mass is 299 g/mol. The third-order valence-corrected chi connectivity index (χ3v) is 3.91. The Morgan fingerprint density at radius 1 is 1.27 bits per heavy atom. The highest BCUT2D eigenvalue weighted by Gasteiger charge is 2.20. The molecular weight excluding hydrogens is 274 g/mol. The summed E-state index contributed by atoms with van der Waals surface area (Å²) in [7, 11) is 1.83. The van der Waals surface area contributed by atoms with E-state index in [-0.39, 0.29) is 5.91 Å². The van der Waals surface area contributed by atoms with Crippen molar-refractivity contribution in [2.45, 2.75) is 40.2 Å². The van der Waals surface area contributed by atoms with E-state index in [0.717, 1.165) is 25.1 Å². The maximum atomic E-state index is 12.9. The third-order valence-electron chi connectivity index (χ3n) is 3.91. The second-order valence-electron chi connectivity index (χ2n) is 5.80. The minimum atomic E-state index is 0.0554. The zero-order valence-corrected chi connectivity index (χ0v) is 14.0. The lowest BCUT2D eigenvalue weighted by molar-refractivity contribution is 0.0729. The Morgan fingerprint density at radius 2 is 2.00 bits per heavy atom. The molecule has 2 aromatic rings.